The number of ether oxygens (including phenoxy) is 2. The van der Waals surface area contributed by atoms with Crippen molar-refractivity contribution in [1.29, 1.82) is 0 Å². The van der Waals surface area contributed by atoms with Crippen molar-refractivity contribution in [1.82, 2.24) is 0 Å². The average molecular weight is 236 g/mol. The van der Waals surface area contributed by atoms with Gasteiger partial charge in [-0.25, -0.2) is 0 Å². The number of hydrogen-bond acceptors (Lipinski definition) is 2. The van der Waals surface area contributed by atoms with Gasteiger partial charge in [0.2, 0.25) is 0 Å². The van der Waals surface area contributed by atoms with Crippen LogP contribution in [0.25, 0.3) is 0 Å². The van der Waals surface area contributed by atoms with Crippen LogP contribution in [-0.2, 0) is 16.1 Å². The standard InChI is InChI=1S/C13H20O2Si/c1-2-13(9-15-10-13)8-14-7-11-3-5-12(16)6-4-11/h3-6H,2,7-10H2,1,16H3. The highest BCUT2D eigenvalue weighted by atomic mass is 28.1. The van der Waals surface area contributed by atoms with Crippen molar-refractivity contribution >= 4 is 15.4 Å². The molecule has 0 radical (unpaired) electrons. The third-order valence-electron chi connectivity index (χ3n) is 3.36. The minimum Gasteiger partial charge on any atom is -0.380 e. The van der Waals surface area contributed by atoms with E-state index in [0.717, 1.165) is 43.1 Å². The largest absolute Gasteiger partial charge is 0.380 e. The van der Waals surface area contributed by atoms with Crippen LogP contribution in [0.4, 0.5) is 0 Å². The van der Waals surface area contributed by atoms with Crippen molar-refractivity contribution in [3.63, 3.8) is 0 Å². The van der Waals surface area contributed by atoms with E-state index in [1.54, 1.807) is 0 Å². The van der Waals surface area contributed by atoms with Crippen molar-refractivity contribution in [2.45, 2.75) is 20.0 Å². The maximum atomic E-state index is 5.79. The van der Waals surface area contributed by atoms with E-state index >= 15 is 0 Å². The second-order valence-corrected chi connectivity index (χ2v) is 5.98. The molecule has 3 heteroatoms. The van der Waals surface area contributed by atoms with Gasteiger partial charge >= 0.3 is 0 Å². The van der Waals surface area contributed by atoms with Crippen LogP contribution in [0.3, 0.4) is 0 Å². The molecule has 0 atom stereocenters. The highest BCUT2D eigenvalue weighted by molar-refractivity contribution is 6.32. The first-order chi connectivity index (χ1) is 7.74. The van der Waals surface area contributed by atoms with Gasteiger partial charge in [0, 0.05) is 15.7 Å². The summed E-state index contributed by atoms with van der Waals surface area (Å²) >= 11 is 0. The van der Waals surface area contributed by atoms with E-state index in [1.807, 2.05) is 0 Å². The molecule has 1 aliphatic rings. The summed E-state index contributed by atoms with van der Waals surface area (Å²) in [6.07, 6.45) is 1.15. The van der Waals surface area contributed by atoms with Crippen LogP contribution < -0.4 is 5.19 Å². The smallest absolute Gasteiger partial charge is 0.0717 e. The van der Waals surface area contributed by atoms with Crippen LogP contribution in [0.15, 0.2) is 24.3 Å². The molecule has 0 amide bonds. The zero-order valence-corrected chi connectivity index (χ0v) is 12.2. The minimum absolute atomic E-state index is 0.303. The first kappa shape index (κ1) is 11.8. The van der Waals surface area contributed by atoms with Gasteiger partial charge in [-0.3, -0.25) is 0 Å². The lowest BCUT2D eigenvalue weighted by Gasteiger charge is -2.40. The van der Waals surface area contributed by atoms with Gasteiger partial charge in [-0.05, 0) is 12.0 Å². The Labute approximate surface area is 100 Å². The number of benzene rings is 1. The summed E-state index contributed by atoms with van der Waals surface area (Å²) in [5, 5.41) is 1.43. The lowest BCUT2D eigenvalue weighted by Crippen LogP contribution is -2.45. The van der Waals surface area contributed by atoms with E-state index in [1.165, 1.54) is 10.8 Å². The topological polar surface area (TPSA) is 18.5 Å². The summed E-state index contributed by atoms with van der Waals surface area (Å²) < 4.78 is 11.1. The van der Waals surface area contributed by atoms with Crippen LogP contribution >= 0.6 is 0 Å². The fourth-order valence-electron chi connectivity index (χ4n) is 1.85. The zero-order valence-electron chi connectivity index (χ0n) is 10.2. The molecule has 1 fully saturated rings. The maximum Gasteiger partial charge on any atom is 0.0717 e. The molecule has 16 heavy (non-hydrogen) atoms. The molecular weight excluding hydrogens is 216 g/mol. The lowest BCUT2D eigenvalue weighted by atomic mass is 9.84. The SMILES string of the molecule is CCC1(COCc2ccc([SiH3])cc2)COC1. The van der Waals surface area contributed by atoms with Crippen molar-refractivity contribution in [2.24, 2.45) is 5.41 Å². The highest BCUT2D eigenvalue weighted by Gasteiger charge is 2.36. The monoisotopic (exact) mass is 236 g/mol. The van der Waals surface area contributed by atoms with Crippen molar-refractivity contribution in [3.05, 3.63) is 29.8 Å². The van der Waals surface area contributed by atoms with E-state index in [4.69, 9.17) is 9.47 Å². The van der Waals surface area contributed by atoms with Gasteiger partial charge < -0.3 is 9.47 Å². The van der Waals surface area contributed by atoms with Crippen molar-refractivity contribution < 1.29 is 9.47 Å². The second kappa shape index (κ2) is 5.12. The Balaban J connectivity index is 1.77. The second-order valence-electron chi connectivity index (χ2n) is 4.82. The lowest BCUT2D eigenvalue weighted by molar-refractivity contribution is -0.152. The van der Waals surface area contributed by atoms with Gasteiger partial charge in [0.1, 0.15) is 0 Å². The van der Waals surface area contributed by atoms with E-state index < -0.39 is 0 Å². The first-order valence-corrected chi connectivity index (χ1v) is 6.95. The Hall–Kier alpha value is -0.643. The molecule has 2 rings (SSSR count). The van der Waals surface area contributed by atoms with Gasteiger partial charge in [0.25, 0.3) is 0 Å². The third-order valence-corrected chi connectivity index (χ3v) is 4.03. The Morgan fingerprint density at radius 2 is 2.00 bits per heavy atom. The maximum absolute atomic E-state index is 5.79. The number of hydrogen-bond donors (Lipinski definition) is 0. The molecule has 1 aromatic rings. The Kier molecular flexibility index (Phi) is 3.79. The molecule has 1 saturated heterocycles. The van der Waals surface area contributed by atoms with Crippen LogP contribution in [-0.4, -0.2) is 30.1 Å². The summed E-state index contributed by atoms with van der Waals surface area (Å²) in [5.41, 5.74) is 1.57. The molecule has 0 bridgehead atoms. The molecule has 0 aliphatic carbocycles. The van der Waals surface area contributed by atoms with Gasteiger partial charge in [-0.1, -0.05) is 36.4 Å². The van der Waals surface area contributed by atoms with E-state index in [2.05, 4.69) is 31.2 Å². The van der Waals surface area contributed by atoms with Gasteiger partial charge in [-0.15, -0.1) is 0 Å². The van der Waals surface area contributed by atoms with Crippen LogP contribution in [0.1, 0.15) is 18.9 Å². The van der Waals surface area contributed by atoms with Crippen molar-refractivity contribution in [2.75, 3.05) is 19.8 Å². The van der Waals surface area contributed by atoms with Crippen molar-refractivity contribution in [3.8, 4) is 0 Å². The van der Waals surface area contributed by atoms with E-state index in [9.17, 15) is 0 Å². The molecule has 0 saturated carbocycles. The van der Waals surface area contributed by atoms with Gasteiger partial charge in [-0.2, -0.15) is 0 Å². The summed E-state index contributed by atoms with van der Waals surface area (Å²) in [6, 6.07) is 8.70. The molecule has 1 aromatic carbocycles. The molecule has 1 heterocycles. The third kappa shape index (κ3) is 2.73. The molecule has 0 spiro atoms. The molecule has 0 aromatic heterocycles. The summed E-state index contributed by atoms with van der Waals surface area (Å²) in [6.45, 7) is 5.49. The van der Waals surface area contributed by atoms with E-state index in [0.29, 0.717) is 5.41 Å². The normalized spacial score (nSPS) is 18.3. The van der Waals surface area contributed by atoms with E-state index in [-0.39, 0.29) is 0 Å². The predicted molar refractivity (Wildman–Crippen MR) is 69.2 cm³/mol. The summed E-state index contributed by atoms with van der Waals surface area (Å²) in [7, 11) is 1.12. The molecule has 1 aliphatic heterocycles. The molecule has 0 N–H and O–H groups in total. The molecular formula is C13H20O2Si. The summed E-state index contributed by atoms with van der Waals surface area (Å²) in [4.78, 5) is 0. The van der Waals surface area contributed by atoms with Gasteiger partial charge in [0.15, 0.2) is 0 Å². The van der Waals surface area contributed by atoms with Gasteiger partial charge in [0.05, 0.1) is 26.4 Å². The Morgan fingerprint density at radius 1 is 1.31 bits per heavy atom. The minimum atomic E-state index is 0.303. The molecule has 0 unspecified atom stereocenters. The summed E-state index contributed by atoms with van der Waals surface area (Å²) in [5.74, 6) is 0. The predicted octanol–water partition coefficient (Wildman–Crippen LogP) is 0.621. The Morgan fingerprint density at radius 3 is 2.50 bits per heavy atom. The van der Waals surface area contributed by atoms with Crippen LogP contribution in [0.5, 0.6) is 0 Å². The fraction of sp³-hybridized carbons (Fsp3) is 0.538. The first-order valence-electron chi connectivity index (χ1n) is 5.95. The van der Waals surface area contributed by atoms with Crippen LogP contribution in [0, 0.1) is 5.41 Å². The molecule has 2 nitrogen and oxygen atoms in total. The number of rotatable bonds is 5. The Bertz CT molecular complexity index is 325. The zero-order chi connectivity index (χ0) is 11.4. The quantitative estimate of drug-likeness (QED) is 0.698. The highest BCUT2D eigenvalue weighted by Crippen LogP contribution is 2.31. The molecule has 88 valence electrons. The average Bonchev–Trinajstić information content (AvgIpc) is 2.25. The van der Waals surface area contributed by atoms with Crippen LogP contribution in [0.2, 0.25) is 0 Å². The fourth-order valence-corrected chi connectivity index (χ4v) is 2.18.